The van der Waals surface area contributed by atoms with E-state index in [2.05, 4.69) is 30.3 Å². The summed E-state index contributed by atoms with van der Waals surface area (Å²) in [5.41, 5.74) is 2.27. The van der Waals surface area contributed by atoms with E-state index >= 15 is 0 Å². The Balaban J connectivity index is 1.37. The first-order chi connectivity index (χ1) is 15.2. The second-order valence-electron chi connectivity index (χ2n) is 7.35. The van der Waals surface area contributed by atoms with E-state index in [1.54, 1.807) is 41.6 Å². The number of hydrogen-bond acceptors (Lipinski definition) is 7. The average molecular weight is 415 g/mol. The zero-order chi connectivity index (χ0) is 21.2. The lowest BCUT2D eigenvalue weighted by atomic mass is 10.1. The van der Waals surface area contributed by atoms with Crippen LogP contribution in [0.4, 0.5) is 11.6 Å². The highest BCUT2D eigenvalue weighted by atomic mass is 16.5. The van der Waals surface area contributed by atoms with Crippen LogP contribution in [0.5, 0.6) is 0 Å². The number of rotatable bonds is 4. The third-order valence-corrected chi connectivity index (χ3v) is 5.19. The minimum absolute atomic E-state index is 0.231. The summed E-state index contributed by atoms with van der Waals surface area (Å²) in [5.74, 6) is 1.02. The molecule has 0 aliphatic carbocycles. The topological polar surface area (TPSA) is 98.1 Å². The quantitative estimate of drug-likeness (QED) is 0.547. The van der Waals surface area contributed by atoms with Crippen LogP contribution >= 0.6 is 0 Å². The molecular weight excluding hydrogens is 394 g/mol. The van der Waals surface area contributed by atoms with Crippen LogP contribution < -0.4 is 10.2 Å². The molecule has 0 unspecified atom stereocenters. The van der Waals surface area contributed by atoms with Gasteiger partial charge in [0.05, 0.1) is 25.1 Å². The molecule has 0 saturated carbocycles. The number of nitrogens with zero attached hydrogens (tertiary/aromatic N) is 6. The summed E-state index contributed by atoms with van der Waals surface area (Å²) in [5, 5.41) is 8.91. The number of aromatic nitrogens is 5. The fraction of sp³-hybridized carbons (Fsp3) is 0.227. The van der Waals surface area contributed by atoms with Gasteiger partial charge in [0, 0.05) is 61.4 Å². The van der Waals surface area contributed by atoms with E-state index in [-0.39, 0.29) is 5.91 Å². The van der Waals surface area contributed by atoms with Crippen LogP contribution in [0.15, 0.2) is 55.2 Å². The molecule has 0 radical (unpaired) electrons. The minimum atomic E-state index is -0.231. The normalized spacial score (nSPS) is 14.0. The summed E-state index contributed by atoms with van der Waals surface area (Å²) in [7, 11) is 1.87. The summed E-state index contributed by atoms with van der Waals surface area (Å²) in [6.07, 6.45) is 8.81. The van der Waals surface area contributed by atoms with Crippen LogP contribution in [-0.4, -0.2) is 56.9 Å². The van der Waals surface area contributed by atoms with Crippen molar-refractivity contribution in [3.05, 3.63) is 60.8 Å². The van der Waals surface area contributed by atoms with Crippen LogP contribution in [-0.2, 0) is 11.8 Å². The van der Waals surface area contributed by atoms with Crippen molar-refractivity contribution < 1.29 is 9.53 Å². The van der Waals surface area contributed by atoms with Gasteiger partial charge >= 0.3 is 0 Å². The fourth-order valence-electron chi connectivity index (χ4n) is 3.53. The van der Waals surface area contributed by atoms with Gasteiger partial charge in [-0.05, 0) is 29.7 Å². The van der Waals surface area contributed by atoms with Crippen molar-refractivity contribution in [1.82, 2.24) is 24.7 Å². The first-order valence-electron chi connectivity index (χ1n) is 10.0. The number of nitrogens with one attached hydrogen (secondary N) is 1. The molecule has 0 aromatic carbocycles. The summed E-state index contributed by atoms with van der Waals surface area (Å²) in [4.78, 5) is 28.2. The van der Waals surface area contributed by atoms with Crippen molar-refractivity contribution in [3.63, 3.8) is 0 Å². The van der Waals surface area contributed by atoms with Crippen molar-refractivity contribution >= 4 is 28.3 Å². The minimum Gasteiger partial charge on any atom is -0.378 e. The van der Waals surface area contributed by atoms with Crippen molar-refractivity contribution in [1.29, 1.82) is 0 Å². The molecule has 9 nitrogen and oxygen atoms in total. The lowest BCUT2D eigenvalue weighted by Crippen LogP contribution is -2.36. The van der Waals surface area contributed by atoms with Crippen LogP contribution in [0.1, 0.15) is 10.4 Å². The average Bonchev–Trinajstić information content (AvgIpc) is 3.25. The monoisotopic (exact) mass is 415 g/mol. The molecule has 4 aromatic rings. The summed E-state index contributed by atoms with van der Waals surface area (Å²) in [6, 6.07) is 7.31. The largest absolute Gasteiger partial charge is 0.378 e. The van der Waals surface area contributed by atoms with Gasteiger partial charge in [0.25, 0.3) is 5.91 Å². The number of fused-ring (bicyclic) bond motifs is 1. The highest BCUT2D eigenvalue weighted by Crippen LogP contribution is 2.23. The number of carbonyl (C=O) groups excluding carboxylic acids is 1. The van der Waals surface area contributed by atoms with Gasteiger partial charge in [-0.2, -0.15) is 5.10 Å². The third kappa shape index (κ3) is 4.08. The smallest absolute Gasteiger partial charge is 0.257 e. The predicted octanol–water partition coefficient (Wildman–Crippen LogP) is 2.51. The molecule has 1 amide bonds. The Kier molecular flexibility index (Phi) is 5.01. The van der Waals surface area contributed by atoms with Crippen molar-refractivity contribution in [2.75, 3.05) is 36.5 Å². The zero-order valence-corrected chi connectivity index (χ0v) is 17.0. The molecule has 1 aliphatic heterocycles. The Morgan fingerprint density at radius 2 is 1.87 bits per heavy atom. The van der Waals surface area contributed by atoms with Crippen LogP contribution in [0.2, 0.25) is 0 Å². The van der Waals surface area contributed by atoms with E-state index in [9.17, 15) is 4.79 Å². The Hall–Kier alpha value is -3.85. The number of pyridine rings is 3. The molecular formula is C22H21N7O2. The molecule has 5 heterocycles. The molecule has 1 fully saturated rings. The highest BCUT2D eigenvalue weighted by Gasteiger charge is 2.15. The molecule has 156 valence electrons. The van der Waals surface area contributed by atoms with Gasteiger partial charge in [-0.3, -0.25) is 14.5 Å². The van der Waals surface area contributed by atoms with Gasteiger partial charge in [0.1, 0.15) is 11.6 Å². The molecule has 4 aromatic heterocycles. The van der Waals surface area contributed by atoms with Gasteiger partial charge in [-0.15, -0.1) is 0 Å². The summed E-state index contributed by atoms with van der Waals surface area (Å²) >= 11 is 0. The number of anilines is 2. The van der Waals surface area contributed by atoms with E-state index in [1.807, 2.05) is 25.4 Å². The first-order valence-corrected chi connectivity index (χ1v) is 10.0. The van der Waals surface area contributed by atoms with Crippen molar-refractivity contribution in [2.45, 2.75) is 0 Å². The molecule has 1 N–H and O–H groups in total. The maximum absolute atomic E-state index is 12.8. The summed E-state index contributed by atoms with van der Waals surface area (Å²) < 4.78 is 7.12. The second-order valence-corrected chi connectivity index (χ2v) is 7.35. The second kappa shape index (κ2) is 8.11. The molecule has 31 heavy (non-hydrogen) atoms. The van der Waals surface area contributed by atoms with E-state index in [0.29, 0.717) is 24.6 Å². The van der Waals surface area contributed by atoms with E-state index in [0.717, 1.165) is 40.9 Å². The molecule has 9 heteroatoms. The number of morpholine rings is 1. The molecule has 0 spiro atoms. The van der Waals surface area contributed by atoms with Crippen molar-refractivity contribution in [2.24, 2.45) is 7.05 Å². The summed E-state index contributed by atoms with van der Waals surface area (Å²) in [6.45, 7) is 2.85. The van der Waals surface area contributed by atoms with Gasteiger partial charge in [0.15, 0.2) is 0 Å². The third-order valence-electron chi connectivity index (χ3n) is 5.19. The Morgan fingerprint density at radius 3 is 2.68 bits per heavy atom. The number of aryl methyl sites for hydroxylation is 1. The fourth-order valence-corrected chi connectivity index (χ4v) is 3.53. The number of amides is 1. The van der Waals surface area contributed by atoms with Crippen LogP contribution in [0, 0.1) is 0 Å². The standard InChI is InChI=1S/C22H21N7O2/c1-28-14-18(13-26-28)19-8-16-9-20(25-12-17(16)11-24-19)27-22(30)15-2-3-23-21(10-15)29-4-6-31-7-5-29/h2-3,8-14H,4-7H2,1H3,(H,25,27,30). The maximum Gasteiger partial charge on any atom is 0.257 e. The molecule has 5 rings (SSSR count). The van der Waals surface area contributed by atoms with Crippen molar-refractivity contribution in [3.8, 4) is 11.3 Å². The van der Waals surface area contributed by atoms with Gasteiger partial charge < -0.3 is 15.0 Å². The highest BCUT2D eigenvalue weighted by molar-refractivity contribution is 6.05. The van der Waals surface area contributed by atoms with E-state index in [4.69, 9.17) is 4.74 Å². The van der Waals surface area contributed by atoms with E-state index < -0.39 is 0 Å². The SMILES string of the molecule is Cn1cc(-c2cc3cc(NC(=O)c4ccnc(N5CCOCC5)c4)ncc3cn2)cn1. The van der Waals surface area contributed by atoms with Gasteiger partial charge in [-0.25, -0.2) is 9.97 Å². The molecule has 0 bridgehead atoms. The predicted molar refractivity (Wildman–Crippen MR) is 117 cm³/mol. The number of hydrogen-bond donors (Lipinski definition) is 1. The molecule has 1 saturated heterocycles. The maximum atomic E-state index is 12.8. The number of carbonyl (C=O) groups is 1. The van der Waals surface area contributed by atoms with E-state index in [1.165, 1.54) is 0 Å². The Morgan fingerprint density at radius 1 is 1.03 bits per heavy atom. The van der Waals surface area contributed by atoms with Crippen LogP contribution in [0.25, 0.3) is 22.0 Å². The van der Waals surface area contributed by atoms with Gasteiger partial charge in [0.2, 0.25) is 0 Å². The lowest BCUT2D eigenvalue weighted by Gasteiger charge is -2.27. The Bertz CT molecular complexity index is 1250. The molecule has 0 atom stereocenters. The Labute approximate surface area is 178 Å². The number of ether oxygens (including phenoxy) is 1. The first kappa shape index (κ1) is 19.1. The molecule has 1 aliphatic rings. The van der Waals surface area contributed by atoms with Gasteiger partial charge in [-0.1, -0.05) is 0 Å². The zero-order valence-electron chi connectivity index (χ0n) is 17.0. The van der Waals surface area contributed by atoms with Crippen LogP contribution in [0.3, 0.4) is 0 Å². The lowest BCUT2D eigenvalue weighted by molar-refractivity contribution is 0.102.